The maximum Gasteiger partial charge on any atom is 0.252 e. The molecule has 3 heterocycles. The third-order valence-electron chi connectivity index (χ3n) is 10.0. The van der Waals surface area contributed by atoms with Crippen molar-refractivity contribution in [3.63, 3.8) is 0 Å². The predicted molar refractivity (Wildman–Crippen MR) is 172 cm³/mol. The molecule has 0 unspecified atom stereocenters. The first kappa shape index (κ1) is 28.2. The summed E-state index contributed by atoms with van der Waals surface area (Å²) < 4.78 is 0. The summed E-state index contributed by atoms with van der Waals surface area (Å²) in [6.07, 6.45) is 8.34. The molecule has 0 radical (unpaired) electrons. The van der Waals surface area contributed by atoms with Crippen LogP contribution in [0, 0.1) is 12.8 Å². The number of aromatic nitrogens is 1. The number of amides is 1. The van der Waals surface area contributed by atoms with Gasteiger partial charge in [-0.05, 0) is 105 Å². The SMILES string of the molecule is Cc1ccc2c(C(=O)NC3CCC(CCN4[C@@H]5CC[C@H]4c4ccc(C(=O)Cc6ccccc6)cc45)CC3)ccc(Cl)c2n1. The van der Waals surface area contributed by atoms with Crippen molar-refractivity contribution in [2.45, 2.75) is 76.4 Å². The second-order valence-corrected chi connectivity index (χ2v) is 13.1. The third kappa shape index (κ3) is 5.61. The van der Waals surface area contributed by atoms with Crippen molar-refractivity contribution in [1.82, 2.24) is 15.2 Å². The molecule has 1 saturated carbocycles. The van der Waals surface area contributed by atoms with Crippen molar-refractivity contribution in [2.75, 3.05) is 6.54 Å². The third-order valence-corrected chi connectivity index (χ3v) is 10.3. The van der Waals surface area contributed by atoms with Crippen LogP contribution in [0.15, 0.2) is 72.8 Å². The highest BCUT2D eigenvalue weighted by molar-refractivity contribution is 6.35. The van der Waals surface area contributed by atoms with Crippen LogP contribution in [0.2, 0.25) is 5.02 Å². The minimum absolute atomic E-state index is 0.0382. The Morgan fingerprint density at radius 3 is 2.44 bits per heavy atom. The monoisotopic (exact) mass is 591 g/mol. The zero-order chi connectivity index (χ0) is 29.5. The van der Waals surface area contributed by atoms with Crippen molar-refractivity contribution in [2.24, 2.45) is 5.92 Å². The average Bonchev–Trinajstić information content (AvgIpc) is 3.57. The number of rotatable bonds is 8. The zero-order valence-corrected chi connectivity index (χ0v) is 25.4. The molecule has 5 nitrogen and oxygen atoms in total. The lowest BCUT2D eigenvalue weighted by Crippen LogP contribution is -2.38. The van der Waals surface area contributed by atoms with E-state index in [4.69, 9.17) is 11.6 Å². The second-order valence-electron chi connectivity index (χ2n) is 12.7. The number of fused-ring (bicyclic) bond motifs is 6. The van der Waals surface area contributed by atoms with Gasteiger partial charge in [-0.15, -0.1) is 0 Å². The molecule has 0 spiro atoms. The van der Waals surface area contributed by atoms with Gasteiger partial charge in [0.25, 0.3) is 5.91 Å². The Morgan fingerprint density at radius 2 is 1.65 bits per heavy atom. The van der Waals surface area contributed by atoms with Crippen LogP contribution in [0.3, 0.4) is 0 Å². The summed E-state index contributed by atoms with van der Waals surface area (Å²) >= 11 is 6.37. The standard InChI is InChI=1S/C37H38ClN3O2/c1-23-7-13-29-30(15-16-32(38)36(29)39-23)37(43)40-27-11-8-24(9-12-27)19-20-41-33-17-18-34(41)31-22-26(10-14-28(31)33)35(42)21-25-5-3-2-4-6-25/h2-7,10,13-16,22,24,27,33-34H,8-9,11-12,17-21H2,1H3,(H,40,43)/t24?,27?,33-,34+/m0/s1. The second kappa shape index (κ2) is 11.9. The number of hydrogen-bond acceptors (Lipinski definition) is 4. The van der Waals surface area contributed by atoms with Crippen LogP contribution in [-0.2, 0) is 6.42 Å². The fourth-order valence-corrected chi connectivity index (χ4v) is 7.94. The predicted octanol–water partition coefficient (Wildman–Crippen LogP) is 8.19. The Bertz CT molecular complexity index is 1680. The Balaban J connectivity index is 0.929. The van der Waals surface area contributed by atoms with E-state index in [0.29, 0.717) is 40.5 Å². The van der Waals surface area contributed by atoms with Gasteiger partial charge in [-0.2, -0.15) is 0 Å². The number of hydrogen-bond donors (Lipinski definition) is 1. The zero-order valence-electron chi connectivity index (χ0n) is 24.7. The number of nitrogens with one attached hydrogen (secondary N) is 1. The molecule has 2 fully saturated rings. The van der Waals surface area contributed by atoms with Crippen LogP contribution >= 0.6 is 11.6 Å². The molecular weight excluding hydrogens is 554 g/mol. The number of carbonyl (C=O) groups excluding carboxylic acids is 2. The number of aryl methyl sites for hydroxylation is 1. The number of nitrogens with zero attached hydrogens (tertiary/aromatic N) is 2. The summed E-state index contributed by atoms with van der Waals surface area (Å²) in [7, 11) is 0. The molecule has 1 aliphatic carbocycles. The van der Waals surface area contributed by atoms with Gasteiger partial charge in [0.05, 0.1) is 10.5 Å². The van der Waals surface area contributed by atoms with E-state index in [1.165, 1.54) is 30.4 Å². The topological polar surface area (TPSA) is 62.3 Å². The maximum atomic E-state index is 13.2. The van der Waals surface area contributed by atoms with Gasteiger partial charge in [-0.1, -0.05) is 60.1 Å². The van der Waals surface area contributed by atoms with Crippen LogP contribution < -0.4 is 5.32 Å². The number of benzene rings is 3. The van der Waals surface area contributed by atoms with Gasteiger partial charge in [0, 0.05) is 46.8 Å². The summed E-state index contributed by atoms with van der Waals surface area (Å²) in [4.78, 5) is 33.5. The number of halogens is 1. The molecule has 2 aliphatic heterocycles. The first-order valence-electron chi connectivity index (χ1n) is 15.8. The van der Waals surface area contributed by atoms with Crippen LogP contribution in [-0.4, -0.2) is 34.2 Å². The Labute approximate surface area is 258 Å². The van der Waals surface area contributed by atoms with E-state index < -0.39 is 0 Å². The van der Waals surface area contributed by atoms with Gasteiger partial charge < -0.3 is 5.32 Å². The maximum absolute atomic E-state index is 13.2. The van der Waals surface area contributed by atoms with Crippen molar-refractivity contribution in [3.8, 4) is 0 Å². The van der Waals surface area contributed by atoms with E-state index in [9.17, 15) is 9.59 Å². The molecule has 7 rings (SSSR count). The summed E-state index contributed by atoms with van der Waals surface area (Å²) in [6, 6.07) is 25.1. The summed E-state index contributed by atoms with van der Waals surface area (Å²) in [5, 5.41) is 4.67. The Hall–Kier alpha value is -3.54. The van der Waals surface area contributed by atoms with Gasteiger partial charge >= 0.3 is 0 Å². The highest BCUT2D eigenvalue weighted by atomic mass is 35.5. The Kier molecular flexibility index (Phi) is 7.79. The van der Waals surface area contributed by atoms with Crippen molar-refractivity contribution in [3.05, 3.63) is 111 Å². The normalized spacial score (nSPS) is 22.9. The number of ketones is 1. The van der Waals surface area contributed by atoms with Crippen LogP contribution in [0.4, 0.5) is 0 Å². The van der Waals surface area contributed by atoms with E-state index in [2.05, 4.69) is 27.3 Å². The molecule has 43 heavy (non-hydrogen) atoms. The minimum Gasteiger partial charge on any atom is -0.349 e. The smallest absolute Gasteiger partial charge is 0.252 e. The highest BCUT2D eigenvalue weighted by Gasteiger charge is 2.43. The van der Waals surface area contributed by atoms with Crippen molar-refractivity contribution >= 4 is 34.2 Å². The molecule has 3 aliphatic rings. The molecule has 3 aromatic carbocycles. The fraction of sp³-hybridized carbons (Fsp3) is 0.378. The van der Waals surface area contributed by atoms with E-state index in [0.717, 1.165) is 54.4 Å². The van der Waals surface area contributed by atoms with Crippen LogP contribution in [0.25, 0.3) is 10.9 Å². The first-order chi connectivity index (χ1) is 20.9. The van der Waals surface area contributed by atoms with Crippen molar-refractivity contribution < 1.29 is 9.59 Å². The van der Waals surface area contributed by atoms with E-state index >= 15 is 0 Å². The van der Waals surface area contributed by atoms with Gasteiger partial charge in [-0.3, -0.25) is 19.5 Å². The minimum atomic E-state index is -0.0382. The molecule has 1 saturated heterocycles. The van der Waals surface area contributed by atoms with Gasteiger partial charge in [0.2, 0.25) is 0 Å². The molecule has 1 aromatic heterocycles. The van der Waals surface area contributed by atoms with Gasteiger partial charge in [0.1, 0.15) is 0 Å². The number of pyridine rings is 1. The molecule has 2 atom stereocenters. The number of Topliss-reactive ketones (excluding diaryl/α,β-unsaturated/α-hetero) is 1. The molecule has 220 valence electrons. The van der Waals surface area contributed by atoms with Crippen LogP contribution in [0.1, 0.15) is 100 Å². The highest BCUT2D eigenvalue weighted by Crippen LogP contribution is 2.53. The lowest BCUT2D eigenvalue weighted by Gasteiger charge is -2.31. The molecular formula is C37H38ClN3O2. The molecule has 1 N–H and O–H groups in total. The summed E-state index contributed by atoms with van der Waals surface area (Å²) in [6.45, 7) is 3.03. The molecule has 4 aromatic rings. The molecule has 2 bridgehead atoms. The van der Waals surface area contributed by atoms with E-state index in [-0.39, 0.29) is 17.7 Å². The van der Waals surface area contributed by atoms with Gasteiger partial charge in [-0.25, -0.2) is 0 Å². The van der Waals surface area contributed by atoms with Crippen LogP contribution in [0.5, 0.6) is 0 Å². The summed E-state index contributed by atoms with van der Waals surface area (Å²) in [5.74, 6) is 0.842. The lowest BCUT2D eigenvalue weighted by molar-refractivity contribution is 0.0919. The molecule has 6 heteroatoms. The molecule has 1 amide bonds. The van der Waals surface area contributed by atoms with E-state index in [1.54, 1.807) is 6.07 Å². The quantitative estimate of drug-likeness (QED) is 0.210. The Morgan fingerprint density at radius 1 is 0.884 bits per heavy atom. The van der Waals surface area contributed by atoms with Gasteiger partial charge in [0.15, 0.2) is 5.78 Å². The fourth-order valence-electron chi connectivity index (χ4n) is 7.74. The largest absolute Gasteiger partial charge is 0.349 e. The first-order valence-corrected chi connectivity index (χ1v) is 16.2. The number of carbonyl (C=O) groups is 2. The van der Waals surface area contributed by atoms with Crippen molar-refractivity contribution in [1.29, 1.82) is 0 Å². The average molecular weight is 592 g/mol. The summed E-state index contributed by atoms with van der Waals surface area (Å²) in [5.41, 5.74) is 6.93. The van der Waals surface area contributed by atoms with E-state index in [1.807, 2.05) is 61.5 Å². The lowest BCUT2D eigenvalue weighted by atomic mass is 9.84.